The lowest BCUT2D eigenvalue weighted by Crippen LogP contribution is -2.42. The molecule has 8 heteroatoms. The first-order chi connectivity index (χ1) is 15.3. The molecule has 0 spiro atoms. The van der Waals surface area contributed by atoms with Gasteiger partial charge in [-0.15, -0.1) is 0 Å². The summed E-state index contributed by atoms with van der Waals surface area (Å²) in [6.45, 7) is 8.49. The van der Waals surface area contributed by atoms with Crippen LogP contribution in [0.3, 0.4) is 0 Å². The number of hydrogen-bond acceptors (Lipinski definition) is 5. The fraction of sp³-hybridized carbons (Fsp3) is 0.375. The van der Waals surface area contributed by atoms with Crippen molar-refractivity contribution in [1.29, 1.82) is 0 Å². The number of ether oxygens (including phenoxy) is 1. The first kappa shape index (κ1) is 23.6. The van der Waals surface area contributed by atoms with Gasteiger partial charge >= 0.3 is 11.4 Å². The fourth-order valence-electron chi connectivity index (χ4n) is 3.29. The zero-order valence-electron chi connectivity index (χ0n) is 18.9. The summed E-state index contributed by atoms with van der Waals surface area (Å²) >= 11 is 6.00. The largest absolute Gasteiger partial charge is 0.491 e. The number of benzene rings is 2. The summed E-state index contributed by atoms with van der Waals surface area (Å²) in [6, 6.07) is 12.8. The maximum absolute atomic E-state index is 13.2. The van der Waals surface area contributed by atoms with Crippen molar-refractivity contribution in [2.45, 2.75) is 59.7 Å². The van der Waals surface area contributed by atoms with Crippen LogP contribution in [0.5, 0.6) is 5.75 Å². The Kier molecular flexibility index (Phi) is 7.75. The third-order valence-corrected chi connectivity index (χ3v) is 5.18. The van der Waals surface area contributed by atoms with Crippen molar-refractivity contribution < 1.29 is 4.74 Å². The summed E-state index contributed by atoms with van der Waals surface area (Å²) in [4.78, 5) is 30.0. The lowest BCUT2D eigenvalue weighted by atomic mass is 10.2. The number of rotatable bonds is 9. The van der Waals surface area contributed by atoms with Gasteiger partial charge in [0.05, 0.1) is 12.6 Å². The van der Waals surface area contributed by atoms with Crippen molar-refractivity contribution in [3.63, 3.8) is 0 Å². The molecule has 1 aromatic heterocycles. The van der Waals surface area contributed by atoms with Crippen LogP contribution in [0.25, 0.3) is 0 Å². The second-order valence-electron chi connectivity index (χ2n) is 7.99. The highest BCUT2D eigenvalue weighted by atomic mass is 35.5. The minimum Gasteiger partial charge on any atom is -0.491 e. The molecule has 1 N–H and O–H groups in total. The molecule has 0 atom stereocenters. The van der Waals surface area contributed by atoms with E-state index in [2.05, 4.69) is 10.3 Å². The Morgan fingerprint density at radius 2 is 1.81 bits per heavy atom. The first-order valence-electron chi connectivity index (χ1n) is 10.8. The molecule has 1 heterocycles. The predicted octanol–water partition coefficient (Wildman–Crippen LogP) is 4.75. The molecule has 0 fully saturated rings. The fourth-order valence-corrected chi connectivity index (χ4v) is 3.42. The predicted molar refractivity (Wildman–Crippen MR) is 128 cm³/mol. The van der Waals surface area contributed by atoms with Gasteiger partial charge in [0.15, 0.2) is 0 Å². The van der Waals surface area contributed by atoms with E-state index in [9.17, 15) is 9.59 Å². The summed E-state index contributed by atoms with van der Waals surface area (Å²) in [5, 5.41) is 3.76. The molecule has 32 heavy (non-hydrogen) atoms. The zero-order chi connectivity index (χ0) is 23.3. The lowest BCUT2D eigenvalue weighted by Gasteiger charge is -2.17. The normalized spacial score (nSPS) is 11.1. The van der Waals surface area contributed by atoms with Crippen LogP contribution in [0.4, 0.5) is 11.6 Å². The Labute approximate surface area is 192 Å². The Bertz CT molecular complexity index is 1180. The minimum absolute atomic E-state index is 0.0643. The molecule has 0 amide bonds. The molecule has 0 unspecified atom stereocenters. The molecule has 2 aromatic carbocycles. The number of hydrogen-bond donors (Lipinski definition) is 1. The van der Waals surface area contributed by atoms with Crippen LogP contribution in [-0.2, 0) is 13.1 Å². The van der Waals surface area contributed by atoms with Gasteiger partial charge in [0.2, 0.25) is 5.95 Å². The average molecular weight is 457 g/mol. The van der Waals surface area contributed by atoms with Crippen molar-refractivity contribution in [2.24, 2.45) is 0 Å². The highest BCUT2D eigenvalue weighted by molar-refractivity contribution is 6.30. The smallest absolute Gasteiger partial charge is 0.354 e. The van der Waals surface area contributed by atoms with Crippen molar-refractivity contribution in [3.8, 4) is 5.75 Å². The molecule has 0 saturated heterocycles. The van der Waals surface area contributed by atoms with Crippen LogP contribution in [0, 0.1) is 6.92 Å². The van der Waals surface area contributed by atoms with E-state index in [0.717, 1.165) is 29.7 Å². The van der Waals surface area contributed by atoms with Gasteiger partial charge in [0.25, 0.3) is 0 Å². The Morgan fingerprint density at radius 3 is 2.44 bits per heavy atom. The van der Waals surface area contributed by atoms with Crippen LogP contribution in [0.1, 0.15) is 44.7 Å². The van der Waals surface area contributed by atoms with Crippen LogP contribution in [0.15, 0.2) is 52.1 Å². The molecule has 3 rings (SSSR count). The molecule has 0 aliphatic carbocycles. The number of unbranched alkanes of at least 4 members (excludes halogenated alkanes) is 1. The van der Waals surface area contributed by atoms with Gasteiger partial charge in [-0.05, 0) is 68.7 Å². The third-order valence-electron chi connectivity index (χ3n) is 4.93. The Balaban J connectivity index is 2.01. The van der Waals surface area contributed by atoms with Gasteiger partial charge in [0, 0.05) is 17.3 Å². The topological polar surface area (TPSA) is 78.2 Å². The maximum Gasteiger partial charge on any atom is 0.354 e. The van der Waals surface area contributed by atoms with Gasteiger partial charge in [-0.1, -0.05) is 37.1 Å². The van der Waals surface area contributed by atoms with Crippen LogP contribution in [0.2, 0.25) is 5.02 Å². The summed E-state index contributed by atoms with van der Waals surface area (Å²) in [7, 11) is 0. The number of aryl methyl sites for hydroxylation is 1. The summed E-state index contributed by atoms with van der Waals surface area (Å²) < 4.78 is 8.46. The zero-order valence-corrected chi connectivity index (χ0v) is 19.6. The number of anilines is 2. The van der Waals surface area contributed by atoms with E-state index >= 15 is 0 Å². The average Bonchev–Trinajstić information content (AvgIpc) is 2.74. The lowest BCUT2D eigenvalue weighted by molar-refractivity contribution is 0.241. The van der Waals surface area contributed by atoms with Gasteiger partial charge in [-0.25, -0.2) is 14.2 Å². The van der Waals surface area contributed by atoms with Crippen molar-refractivity contribution >= 4 is 23.2 Å². The molecule has 7 nitrogen and oxygen atoms in total. The first-order valence-corrected chi connectivity index (χ1v) is 11.2. The van der Waals surface area contributed by atoms with E-state index < -0.39 is 11.4 Å². The van der Waals surface area contributed by atoms with E-state index in [1.54, 1.807) is 12.1 Å². The van der Waals surface area contributed by atoms with Gasteiger partial charge in [-0.3, -0.25) is 4.57 Å². The monoisotopic (exact) mass is 456 g/mol. The summed E-state index contributed by atoms with van der Waals surface area (Å²) in [6.07, 6.45) is 1.66. The SMILES string of the molecule is CCCCn1c(=O)nc(Nc2ccc(OC(C)C)c(C)c2)n(Cc2ccc(Cl)cc2)c1=O. The third kappa shape index (κ3) is 5.79. The molecule has 170 valence electrons. The summed E-state index contributed by atoms with van der Waals surface area (Å²) in [5.74, 6) is 0.978. The van der Waals surface area contributed by atoms with E-state index in [-0.39, 0.29) is 18.6 Å². The van der Waals surface area contributed by atoms with Gasteiger partial charge in [-0.2, -0.15) is 4.98 Å². The highest BCUT2D eigenvalue weighted by Gasteiger charge is 2.14. The number of aromatic nitrogens is 3. The minimum atomic E-state index is -0.560. The second-order valence-corrected chi connectivity index (χ2v) is 8.43. The highest BCUT2D eigenvalue weighted by Crippen LogP contribution is 2.24. The number of nitrogens with zero attached hydrogens (tertiary/aromatic N) is 3. The molecular formula is C24H29ClN4O3. The van der Waals surface area contributed by atoms with E-state index in [1.165, 1.54) is 9.13 Å². The molecular weight excluding hydrogens is 428 g/mol. The van der Waals surface area contributed by atoms with E-state index in [4.69, 9.17) is 16.3 Å². The van der Waals surface area contributed by atoms with Crippen LogP contribution >= 0.6 is 11.6 Å². The standard InChI is InChI=1S/C24H29ClN4O3/c1-5-6-13-28-23(30)27-22(26-20-11-12-21(17(4)14-20)32-16(2)3)29(24(28)31)15-18-7-9-19(25)10-8-18/h7-12,14,16H,5-6,13,15H2,1-4H3,(H,26,27,30). The Hall–Kier alpha value is -3.06. The second kappa shape index (κ2) is 10.5. The van der Waals surface area contributed by atoms with Crippen LogP contribution < -0.4 is 21.4 Å². The van der Waals surface area contributed by atoms with E-state index in [1.807, 2.05) is 58.0 Å². The molecule has 0 aliphatic rings. The maximum atomic E-state index is 13.2. The molecule has 0 radical (unpaired) electrons. The molecule has 3 aromatic rings. The van der Waals surface area contributed by atoms with Gasteiger partial charge in [0.1, 0.15) is 5.75 Å². The quantitative estimate of drug-likeness (QED) is 0.503. The van der Waals surface area contributed by atoms with Crippen molar-refractivity contribution in [2.75, 3.05) is 5.32 Å². The Morgan fingerprint density at radius 1 is 1.09 bits per heavy atom. The molecule has 0 bridgehead atoms. The van der Waals surface area contributed by atoms with Crippen LogP contribution in [-0.4, -0.2) is 20.2 Å². The molecule has 0 aliphatic heterocycles. The summed E-state index contributed by atoms with van der Waals surface area (Å²) in [5.41, 5.74) is 1.56. The van der Waals surface area contributed by atoms with E-state index in [0.29, 0.717) is 17.3 Å². The molecule has 0 saturated carbocycles. The van der Waals surface area contributed by atoms with Crippen molar-refractivity contribution in [1.82, 2.24) is 14.1 Å². The number of halogens is 1. The van der Waals surface area contributed by atoms with Gasteiger partial charge < -0.3 is 10.1 Å². The van der Waals surface area contributed by atoms with Crippen molar-refractivity contribution in [3.05, 3.63) is 79.6 Å². The number of nitrogens with one attached hydrogen (secondary N) is 1.